The Morgan fingerprint density at radius 2 is 1.92 bits per heavy atom. The monoisotopic (exact) mass is 325 g/mol. The van der Waals surface area contributed by atoms with E-state index in [2.05, 4.69) is 23.4 Å². The average Bonchev–Trinajstić information content (AvgIpc) is 3.04. The molecule has 0 radical (unpaired) electrons. The Morgan fingerprint density at radius 1 is 1.12 bits per heavy atom. The SMILES string of the molecule is COc1ccc([C@H](OC)[C@@H](C)NCc2cnn3ccccc23)cc1. The molecule has 3 aromatic rings. The summed E-state index contributed by atoms with van der Waals surface area (Å²) in [6.07, 6.45) is 3.83. The molecular formula is C19H23N3O2. The van der Waals surface area contributed by atoms with Crippen LogP contribution in [0.5, 0.6) is 5.75 Å². The number of hydrogen-bond donors (Lipinski definition) is 1. The van der Waals surface area contributed by atoms with Crippen LogP contribution in [0.15, 0.2) is 54.9 Å². The maximum Gasteiger partial charge on any atom is 0.118 e. The Hall–Kier alpha value is -2.37. The van der Waals surface area contributed by atoms with E-state index in [0.717, 1.165) is 23.4 Å². The van der Waals surface area contributed by atoms with Crippen molar-refractivity contribution in [1.82, 2.24) is 14.9 Å². The van der Waals surface area contributed by atoms with Crippen LogP contribution in [0.4, 0.5) is 0 Å². The number of benzene rings is 1. The molecule has 24 heavy (non-hydrogen) atoms. The quantitative estimate of drug-likeness (QED) is 0.725. The molecule has 2 aromatic heterocycles. The zero-order valence-corrected chi connectivity index (χ0v) is 14.3. The Bertz CT molecular complexity index is 783. The van der Waals surface area contributed by atoms with Crippen LogP contribution in [-0.4, -0.2) is 29.9 Å². The Morgan fingerprint density at radius 3 is 2.62 bits per heavy atom. The van der Waals surface area contributed by atoms with Gasteiger partial charge in [0.15, 0.2) is 0 Å². The standard InChI is InChI=1S/C19H23N3O2/c1-14(19(24-3)15-7-9-17(23-2)10-8-15)20-12-16-13-21-22-11-5-4-6-18(16)22/h4-11,13-14,19-20H,12H2,1-3H3/t14-,19-/m1/s1. The summed E-state index contributed by atoms with van der Waals surface area (Å²) in [6.45, 7) is 2.87. The molecule has 0 unspecified atom stereocenters. The summed E-state index contributed by atoms with van der Waals surface area (Å²) in [5.41, 5.74) is 3.42. The van der Waals surface area contributed by atoms with Crippen molar-refractivity contribution >= 4 is 5.52 Å². The number of nitrogens with one attached hydrogen (secondary N) is 1. The molecule has 0 saturated carbocycles. The average molecular weight is 325 g/mol. The maximum absolute atomic E-state index is 5.70. The van der Waals surface area contributed by atoms with E-state index in [-0.39, 0.29) is 12.1 Å². The van der Waals surface area contributed by atoms with Crippen molar-refractivity contribution in [3.05, 3.63) is 66.0 Å². The van der Waals surface area contributed by atoms with Crippen LogP contribution in [0.25, 0.3) is 5.52 Å². The summed E-state index contributed by atoms with van der Waals surface area (Å²) in [5.74, 6) is 0.848. The second-order valence-electron chi connectivity index (χ2n) is 5.80. The lowest BCUT2D eigenvalue weighted by molar-refractivity contribution is 0.0729. The second kappa shape index (κ2) is 7.47. The summed E-state index contributed by atoms with van der Waals surface area (Å²) < 4.78 is 12.8. The van der Waals surface area contributed by atoms with Gasteiger partial charge >= 0.3 is 0 Å². The fourth-order valence-corrected chi connectivity index (χ4v) is 2.92. The molecule has 0 amide bonds. The van der Waals surface area contributed by atoms with Gasteiger partial charge in [-0.25, -0.2) is 4.52 Å². The summed E-state index contributed by atoms with van der Waals surface area (Å²) in [7, 11) is 3.41. The number of rotatable bonds is 7. The van der Waals surface area contributed by atoms with Crippen molar-refractivity contribution in [3.63, 3.8) is 0 Å². The molecule has 5 nitrogen and oxygen atoms in total. The smallest absolute Gasteiger partial charge is 0.118 e. The highest BCUT2D eigenvalue weighted by Gasteiger charge is 2.19. The lowest BCUT2D eigenvalue weighted by atomic mass is 10.0. The number of nitrogens with zero attached hydrogens (tertiary/aromatic N) is 2. The predicted molar refractivity (Wildman–Crippen MR) is 94.2 cm³/mol. The van der Waals surface area contributed by atoms with E-state index in [1.807, 2.05) is 53.3 Å². The van der Waals surface area contributed by atoms with Crippen LogP contribution in [0.3, 0.4) is 0 Å². The molecule has 0 fully saturated rings. The molecular weight excluding hydrogens is 302 g/mol. The Balaban J connectivity index is 1.69. The predicted octanol–water partition coefficient (Wildman–Crippen LogP) is 3.21. The van der Waals surface area contributed by atoms with Crippen molar-refractivity contribution < 1.29 is 9.47 Å². The lowest BCUT2D eigenvalue weighted by Crippen LogP contribution is -2.32. The highest BCUT2D eigenvalue weighted by Crippen LogP contribution is 2.23. The molecule has 126 valence electrons. The Kier molecular flexibility index (Phi) is 5.13. The summed E-state index contributed by atoms with van der Waals surface area (Å²) in [4.78, 5) is 0. The zero-order chi connectivity index (χ0) is 16.9. The van der Waals surface area contributed by atoms with Gasteiger partial charge in [-0.15, -0.1) is 0 Å². The number of fused-ring (bicyclic) bond motifs is 1. The largest absolute Gasteiger partial charge is 0.497 e. The van der Waals surface area contributed by atoms with Crippen LogP contribution >= 0.6 is 0 Å². The van der Waals surface area contributed by atoms with E-state index in [1.165, 1.54) is 5.56 Å². The van der Waals surface area contributed by atoms with Crippen molar-refractivity contribution in [3.8, 4) is 5.75 Å². The minimum absolute atomic E-state index is 0.0299. The number of hydrogen-bond acceptors (Lipinski definition) is 4. The first-order valence-electron chi connectivity index (χ1n) is 8.04. The van der Waals surface area contributed by atoms with E-state index in [9.17, 15) is 0 Å². The molecule has 2 heterocycles. The molecule has 1 N–H and O–H groups in total. The molecule has 3 rings (SSSR count). The minimum atomic E-state index is -0.0299. The molecule has 0 aliphatic carbocycles. The van der Waals surface area contributed by atoms with Crippen LogP contribution in [-0.2, 0) is 11.3 Å². The fourth-order valence-electron chi connectivity index (χ4n) is 2.92. The zero-order valence-electron chi connectivity index (χ0n) is 14.3. The molecule has 0 aliphatic heterocycles. The lowest BCUT2D eigenvalue weighted by Gasteiger charge is -2.24. The van der Waals surface area contributed by atoms with Crippen LogP contribution in [0.2, 0.25) is 0 Å². The van der Waals surface area contributed by atoms with Crippen molar-refractivity contribution in [2.45, 2.75) is 25.6 Å². The van der Waals surface area contributed by atoms with Gasteiger partial charge in [-0.2, -0.15) is 5.10 Å². The van der Waals surface area contributed by atoms with Gasteiger partial charge in [0, 0.05) is 31.5 Å². The summed E-state index contributed by atoms with van der Waals surface area (Å²) in [5, 5.41) is 7.92. The molecule has 2 atom stereocenters. The second-order valence-corrected chi connectivity index (χ2v) is 5.80. The molecule has 0 aliphatic rings. The fraction of sp³-hybridized carbons (Fsp3) is 0.316. The van der Waals surface area contributed by atoms with E-state index >= 15 is 0 Å². The van der Waals surface area contributed by atoms with Crippen molar-refractivity contribution in [2.24, 2.45) is 0 Å². The van der Waals surface area contributed by atoms with Gasteiger partial charge in [0.25, 0.3) is 0 Å². The van der Waals surface area contributed by atoms with Gasteiger partial charge < -0.3 is 14.8 Å². The highest BCUT2D eigenvalue weighted by molar-refractivity contribution is 5.53. The summed E-state index contributed by atoms with van der Waals surface area (Å²) >= 11 is 0. The van der Waals surface area contributed by atoms with Gasteiger partial charge in [0.1, 0.15) is 5.75 Å². The van der Waals surface area contributed by atoms with Gasteiger partial charge in [-0.3, -0.25) is 0 Å². The van der Waals surface area contributed by atoms with Gasteiger partial charge in [0.05, 0.1) is 24.9 Å². The molecule has 0 saturated heterocycles. The van der Waals surface area contributed by atoms with E-state index in [0.29, 0.717) is 0 Å². The van der Waals surface area contributed by atoms with Crippen molar-refractivity contribution in [2.75, 3.05) is 14.2 Å². The number of methoxy groups -OCH3 is 2. The molecule has 5 heteroatoms. The normalized spacial score (nSPS) is 13.8. The first kappa shape index (κ1) is 16.5. The third kappa shape index (κ3) is 3.42. The van der Waals surface area contributed by atoms with E-state index in [1.54, 1.807) is 14.2 Å². The minimum Gasteiger partial charge on any atom is -0.497 e. The first-order chi connectivity index (χ1) is 11.7. The third-order valence-corrected chi connectivity index (χ3v) is 4.27. The first-order valence-corrected chi connectivity index (χ1v) is 8.04. The molecule has 0 spiro atoms. The Labute approximate surface area is 142 Å². The van der Waals surface area contributed by atoms with Crippen molar-refractivity contribution in [1.29, 1.82) is 0 Å². The molecule has 1 aromatic carbocycles. The number of ether oxygens (including phenoxy) is 2. The number of aromatic nitrogens is 2. The van der Waals surface area contributed by atoms with Crippen LogP contribution < -0.4 is 10.1 Å². The van der Waals surface area contributed by atoms with Crippen LogP contribution in [0.1, 0.15) is 24.2 Å². The van der Waals surface area contributed by atoms with E-state index in [4.69, 9.17) is 9.47 Å². The number of pyridine rings is 1. The molecule has 0 bridgehead atoms. The third-order valence-electron chi connectivity index (χ3n) is 4.27. The van der Waals surface area contributed by atoms with Crippen LogP contribution in [0, 0.1) is 0 Å². The van der Waals surface area contributed by atoms with Gasteiger partial charge in [-0.05, 0) is 36.8 Å². The maximum atomic E-state index is 5.70. The summed E-state index contributed by atoms with van der Waals surface area (Å²) in [6, 6.07) is 14.2. The van der Waals surface area contributed by atoms with Gasteiger partial charge in [0.2, 0.25) is 0 Å². The van der Waals surface area contributed by atoms with E-state index < -0.39 is 0 Å². The van der Waals surface area contributed by atoms with Gasteiger partial charge in [-0.1, -0.05) is 18.2 Å². The highest BCUT2D eigenvalue weighted by atomic mass is 16.5. The topological polar surface area (TPSA) is 47.8 Å².